The van der Waals surface area contributed by atoms with Crippen molar-refractivity contribution >= 4 is 6.16 Å². The summed E-state index contributed by atoms with van der Waals surface area (Å²) in [4.78, 5) is 11.7. The minimum Gasteiger partial charge on any atom is -0.432 e. The Morgan fingerprint density at radius 3 is 0.409 bits per heavy atom. The molecule has 0 bridgehead atoms. The summed E-state index contributed by atoms with van der Waals surface area (Å²) in [7, 11) is 3.28. The van der Waals surface area contributed by atoms with Gasteiger partial charge < -0.3 is 104 Å². The molecule has 0 unspecified atom stereocenters. The second kappa shape index (κ2) is 61.5. The van der Waals surface area contributed by atoms with Gasteiger partial charge in [0.1, 0.15) is 13.2 Å². The first-order chi connectivity index (χ1) is 32.8. The lowest BCUT2D eigenvalue weighted by atomic mass is 10.6. The minimum atomic E-state index is -0.785. The van der Waals surface area contributed by atoms with E-state index in [1.54, 1.807) is 14.2 Å². The Labute approximate surface area is 393 Å². The highest BCUT2D eigenvalue weighted by Crippen LogP contribution is 1.91. The SMILES string of the molecule is COCCOCCOCCOCCOCCOCCOCCOCCOCCOCCOC(=O)OCCOCCOCCOCCOCCOCCOCCOCCOCCOCCOC. The first kappa shape index (κ1) is 64.5. The van der Waals surface area contributed by atoms with E-state index in [9.17, 15) is 4.79 Å². The molecule has 0 saturated carbocycles. The average molecular weight is 971 g/mol. The summed E-state index contributed by atoms with van der Waals surface area (Å²) in [5.41, 5.74) is 0. The Balaban J connectivity index is 3.14. The first-order valence-electron chi connectivity index (χ1n) is 23.0. The maximum atomic E-state index is 11.7. The van der Waals surface area contributed by atoms with Gasteiger partial charge in [0.15, 0.2) is 0 Å². The molecule has 23 nitrogen and oxygen atoms in total. The summed E-state index contributed by atoms with van der Waals surface area (Å²) in [5.74, 6) is 0. The Morgan fingerprint density at radius 2 is 0.288 bits per heavy atom. The van der Waals surface area contributed by atoms with E-state index in [4.69, 9.17) is 104 Å². The molecule has 0 radical (unpaired) electrons. The second-order valence-electron chi connectivity index (χ2n) is 13.0. The zero-order chi connectivity index (χ0) is 47.4. The number of rotatable bonds is 60. The smallest absolute Gasteiger partial charge is 0.432 e. The van der Waals surface area contributed by atoms with Crippen LogP contribution in [0.5, 0.6) is 0 Å². The molecular weight excluding hydrogens is 884 g/mol. The van der Waals surface area contributed by atoms with Crippen LogP contribution in [0.1, 0.15) is 0 Å². The number of carbonyl (C=O) groups is 1. The monoisotopic (exact) mass is 971 g/mol. The minimum absolute atomic E-state index is 0.0677. The van der Waals surface area contributed by atoms with Gasteiger partial charge in [0, 0.05) is 14.2 Å². The van der Waals surface area contributed by atoms with Crippen LogP contribution in [-0.4, -0.2) is 285 Å². The van der Waals surface area contributed by atoms with Gasteiger partial charge in [0.2, 0.25) is 0 Å². The van der Waals surface area contributed by atoms with Crippen molar-refractivity contribution in [3.63, 3.8) is 0 Å². The van der Waals surface area contributed by atoms with E-state index < -0.39 is 6.16 Å². The fourth-order valence-electron chi connectivity index (χ4n) is 4.42. The molecule has 0 saturated heterocycles. The molecule has 23 heteroatoms. The van der Waals surface area contributed by atoms with Gasteiger partial charge >= 0.3 is 6.16 Å². The lowest BCUT2D eigenvalue weighted by molar-refractivity contribution is -0.0288. The van der Waals surface area contributed by atoms with Gasteiger partial charge in [-0.05, 0) is 0 Å². The molecule has 0 amide bonds. The standard InChI is InChI=1S/C43H86O23/c1-45-3-5-47-7-9-49-11-13-51-15-17-53-19-21-55-23-25-57-27-29-59-31-33-61-35-37-63-39-41-65-43(44)66-42-40-64-38-36-62-34-32-60-30-28-58-26-24-56-22-20-54-18-16-52-14-12-50-10-8-48-6-4-46-2/h3-42H2,1-2H3. The summed E-state index contributed by atoms with van der Waals surface area (Å²) in [6.45, 7) is 18.1. The van der Waals surface area contributed by atoms with E-state index >= 15 is 0 Å². The zero-order valence-electron chi connectivity index (χ0n) is 40.2. The van der Waals surface area contributed by atoms with Crippen LogP contribution in [0.3, 0.4) is 0 Å². The second-order valence-corrected chi connectivity index (χ2v) is 13.0. The highest BCUT2D eigenvalue weighted by atomic mass is 16.7. The quantitative estimate of drug-likeness (QED) is 0.0606. The summed E-state index contributed by atoms with van der Waals surface area (Å²) < 4.78 is 117. The Bertz CT molecular complexity index is 819. The molecule has 0 heterocycles. The van der Waals surface area contributed by atoms with Crippen molar-refractivity contribution in [3.05, 3.63) is 0 Å². The summed E-state index contributed by atoms with van der Waals surface area (Å²) in [5, 5.41) is 0. The molecule has 396 valence electrons. The van der Waals surface area contributed by atoms with Crippen molar-refractivity contribution in [1.29, 1.82) is 0 Å². The van der Waals surface area contributed by atoms with Crippen molar-refractivity contribution in [2.75, 3.05) is 278 Å². The van der Waals surface area contributed by atoms with Crippen LogP contribution < -0.4 is 0 Å². The Hall–Kier alpha value is -1.53. The normalized spacial score (nSPS) is 11.5. The molecule has 0 aliphatic heterocycles. The van der Waals surface area contributed by atoms with Crippen molar-refractivity contribution < 1.29 is 109 Å². The molecule has 0 aromatic rings. The van der Waals surface area contributed by atoms with Crippen LogP contribution in [0.25, 0.3) is 0 Å². The van der Waals surface area contributed by atoms with Crippen LogP contribution in [0.4, 0.5) is 4.79 Å². The van der Waals surface area contributed by atoms with Gasteiger partial charge in [0.05, 0.1) is 251 Å². The van der Waals surface area contributed by atoms with Crippen molar-refractivity contribution in [2.24, 2.45) is 0 Å². The van der Waals surface area contributed by atoms with E-state index in [-0.39, 0.29) is 26.4 Å². The van der Waals surface area contributed by atoms with Gasteiger partial charge in [-0.15, -0.1) is 0 Å². The summed E-state index contributed by atoms with van der Waals surface area (Å²) >= 11 is 0. The number of methoxy groups -OCH3 is 2. The molecule has 66 heavy (non-hydrogen) atoms. The predicted molar refractivity (Wildman–Crippen MR) is 236 cm³/mol. The predicted octanol–water partition coefficient (Wildman–Crippen LogP) is 0.731. The first-order valence-corrected chi connectivity index (χ1v) is 23.0. The maximum Gasteiger partial charge on any atom is 0.508 e. The van der Waals surface area contributed by atoms with Crippen molar-refractivity contribution in [3.8, 4) is 0 Å². The number of carbonyl (C=O) groups excluding carboxylic acids is 1. The number of hydrogen-bond donors (Lipinski definition) is 0. The average Bonchev–Trinajstić information content (AvgIpc) is 3.32. The molecule has 0 fully saturated rings. The molecule has 0 spiro atoms. The molecular formula is C43H86O23. The van der Waals surface area contributed by atoms with Gasteiger partial charge in [0.25, 0.3) is 0 Å². The van der Waals surface area contributed by atoms with E-state index in [0.717, 1.165) is 0 Å². The Morgan fingerprint density at radius 1 is 0.182 bits per heavy atom. The van der Waals surface area contributed by atoms with Crippen molar-refractivity contribution in [1.82, 2.24) is 0 Å². The Kier molecular flexibility index (Phi) is 60.1. The third-order valence-electron chi connectivity index (χ3n) is 7.71. The molecule has 0 aromatic heterocycles. The van der Waals surface area contributed by atoms with Crippen molar-refractivity contribution in [2.45, 2.75) is 0 Å². The lowest BCUT2D eigenvalue weighted by Crippen LogP contribution is -2.17. The van der Waals surface area contributed by atoms with Crippen LogP contribution in [0.2, 0.25) is 0 Å². The molecule has 0 aromatic carbocycles. The van der Waals surface area contributed by atoms with Gasteiger partial charge in [-0.2, -0.15) is 0 Å². The molecule has 0 aliphatic rings. The van der Waals surface area contributed by atoms with Crippen LogP contribution in [-0.2, 0) is 104 Å². The van der Waals surface area contributed by atoms with Gasteiger partial charge in [-0.3, -0.25) is 0 Å². The largest absolute Gasteiger partial charge is 0.508 e. The van der Waals surface area contributed by atoms with E-state index in [1.807, 2.05) is 0 Å². The van der Waals surface area contributed by atoms with Gasteiger partial charge in [-0.25, -0.2) is 4.79 Å². The fourth-order valence-corrected chi connectivity index (χ4v) is 4.42. The third kappa shape index (κ3) is 60.5. The van der Waals surface area contributed by atoms with E-state index in [2.05, 4.69) is 0 Å². The van der Waals surface area contributed by atoms with Crippen LogP contribution >= 0.6 is 0 Å². The van der Waals surface area contributed by atoms with Crippen LogP contribution in [0.15, 0.2) is 0 Å². The third-order valence-corrected chi connectivity index (χ3v) is 7.71. The van der Waals surface area contributed by atoms with E-state index in [0.29, 0.717) is 238 Å². The molecule has 0 rings (SSSR count). The van der Waals surface area contributed by atoms with Crippen LogP contribution in [0, 0.1) is 0 Å². The highest BCUT2D eigenvalue weighted by molar-refractivity contribution is 5.59. The van der Waals surface area contributed by atoms with Gasteiger partial charge in [-0.1, -0.05) is 0 Å². The van der Waals surface area contributed by atoms with E-state index in [1.165, 1.54) is 0 Å². The number of hydrogen-bond acceptors (Lipinski definition) is 23. The topological polar surface area (TPSA) is 220 Å². The zero-order valence-corrected chi connectivity index (χ0v) is 40.2. The summed E-state index contributed by atoms with van der Waals surface area (Å²) in [6, 6.07) is 0. The summed E-state index contributed by atoms with van der Waals surface area (Å²) in [6.07, 6.45) is -0.785. The molecule has 0 atom stereocenters. The highest BCUT2D eigenvalue weighted by Gasteiger charge is 2.04. The number of ether oxygens (including phenoxy) is 22. The molecule has 0 N–H and O–H groups in total. The lowest BCUT2D eigenvalue weighted by Gasteiger charge is -2.09. The fraction of sp³-hybridized carbons (Fsp3) is 0.977. The molecule has 0 aliphatic carbocycles. The maximum absolute atomic E-state index is 11.7.